The van der Waals surface area contributed by atoms with Crippen LogP contribution in [0.25, 0.3) is 0 Å². The van der Waals surface area contributed by atoms with Crippen LogP contribution in [0.1, 0.15) is 20.8 Å². The van der Waals surface area contributed by atoms with Crippen LogP contribution in [0.3, 0.4) is 0 Å². The second-order valence-corrected chi connectivity index (χ2v) is 15.3. The Morgan fingerprint density at radius 3 is 1.63 bits per heavy atom. The van der Waals surface area contributed by atoms with Crippen molar-refractivity contribution in [3.8, 4) is 0 Å². The summed E-state index contributed by atoms with van der Waals surface area (Å²) >= 11 is 0. The molecule has 0 bridgehead atoms. The zero-order chi connectivity index (χ0) is 46.1. The molecule has 5 saturated heterocycles. The fourth-order valence-electron chi connectivity index (χ4n) is 7.59. The van der Waals surface area contributed by atoms with Crippen molar-refractivity contribution in [2.24, 2.45) is 0 Å². The number of aliphatic hydroxyl groups excluding tert-OH is 13. The Morgan fingerprint density at radius 1 is 0.532 bits per heavy atom. The molecule has 15 N–H and O–H groups in total. The zero-order valence-electron chi connectivity index (χ0n) is 33.1. The molecule has 358 valence electrons. The summed E-state index contributed by atoms with van der Waals surface area (Å²) in [6, 6.07) is -1.68. The highest BCUT2D eigenvalue weighted by Gasteiger charge is 2.57. The molecule has 62 heavy (non-hydrogen) atoms. The first-order valence-electron chi connectivity index (χ1n) is 19.3. The van der Waals surface area contributed by atoms with Crippen molar-refractivity contribution in [2.45, 2.75) is 174 Å². The molecule has 0 radical (unpaired) electrons. The minimum atomic E-state index is -2.15. The van der Waals surface area contributed by atoms with E-state index in [9.17, 15) is 85.9 Å². The minimum absolute atomic E-state index is 0.761. The average molecular weight is 910 g/mol. The molecule has 5 heterocycles. The summed E-state index contributed by atoms with van der Waals surface area (Å²) in [5.74, 6) is -3.60. The third-order valence-electron chi connectivity index (χ3n) is 10.9. The van der Waals surface area contributed by atoms with E-state index in [1.807, 2.05) is 0 Å². The van der Waals surface area contributed by atoms with Gasteiger partial charge in [-0.15, -0.1) is 0 Å². The second kappa shape index (κ2) is 21.2. The van der Waals surface area contributed by atoms with Crippen molar-refractivity contribution >= 4 is 17.8 Å². The van der Waals surface area contributed by atoms with Gasteiger partial charge in [-0.1, -0.05) is 0 Å². The molecule has 5 aliphatic heterocycles. The second-order valence-electron chi connectivity index (χ2n) is 15.3. The first-order valence-corrected chi connectivity index (χ1v) is 19.3. The Bertz CT molecular complexity index is 1500. The number of carboxylic acids is 1. The van der Waals surface area contributed by atoms with E-state index in [-0.39, 0.29) is 0 Å². The summed E-state index contributed by atoms with van der Waals surface area (Å²) in [7, 11) is 0. The molecule has 0 aromatic carbocycles. The normalized spacial score (nSPS) is 48.9. The molecule has 0 aliphatic carbocycles. The predicted octanol–water partition coefficient (Wildman–Crippen LogP) is -10.1. The van der Waals surface area contributed by atoms with E-state index in [0.717, 1.165) is 13.8 Å². The number of hydrogen-bond donors (Lipinski definition) is 15. The van der Waals surface area contributed by atoms with Crippen LogP contribution in [0.5, 0.6) is 0 Å². The van der Waals surface area contributed by atoms with Gasteiger partial charge >= 0.3 is 11.9 Å². The van der Waals surface area contributed by atoms with Gasteiger partial charge in [-0.05, 0) is 6.92 Å². The highest BCUT2D eigenvalue weighted by atomic mass is 16.8. The third-order valence-corrected chi connectivity index (χ3v) is 10.9. The van der Waals surface area contributed by atoms with Crippen LogP contribution in [0.15, 0.2) is 0 Å². The van der Waals surface area contributed by atoms with Crippen LogP contribution >= 0.6 is 0 Å². The van der Waals surface area contributed by atoms with E-state index in [4.69, 9.17) is 47.4 Å². The number of carbonyl (C=O) groups excluding carboxylic acids is 2. The van der Waals surface area contributed by atoms with Crippen molar-refractivity contribution < 1.29 is 133 Å². The number of esters is 1. The van der Waals surface area contributed by atoms with Crippen molar-refractivity contribution in [3.05, 3.63) is 0 Å². The van der Waals surface area contributed by atoms with Gasteiger partial charge in [-0.2, -0.15) is 0 Å². The van der Waals surface area contributed by atoms with Crippen molar-refractivity contribution in [1.82, 2.24) is 5.32 Å². The fraction of sp³-hybridized carbons (Fsp3) is 0.912. The van der Waals surface area contributed by atoms with Gasteiger partial charge in [0.25, 0.3) is 0 Å². The maximum atomic E-state index is 12.8. The lowest BCUT2D eigenvalue weighted by atomic mass is 9.94. The summed E-state index contributed by atoms with van der Waals surface area (Å²) in [6.07, 6.45) is -45.2. The number of carboxylic acid groups (broad SMARTS) is 1. The molecule has 28 heteroatoms. The summed E-state index contributed by atoms with van der Waals surface area (Å²) in [5, 5.41) is 148. The van der Waals surface area contributed by atoms with Gasteiger partial charge in [0.05, 0.1) is 25.9 Å². The topological polar surface area (TPSA) is 439 Å². The number of hydrogen-bond acceptors (Lipinski definition) is 26. The molecule has 25 unspecified atom stereocenters. The lowest BCUT2D eigenvalue weighted by Gasteiger charge is -2.51. The van der Waals surface area contributed by atoms with Gasteiger partial charge in [0, 0.05) is 13.8 Å². The third kappa shape index (κ3) is 10.8. The van der Waals surface area contributed by atoms with Crippen LogP contribution < -0.4 is 5.32 Å². The van der Waals surface area contributed by atoms with Crippen LogP contribution in [-0.4, -0.2) is 263 Å². The largest absolute Gasteiger partial charge is 0.479 e. The molecule has 0 aromatic rings. The van der Waals surface area contributed by atoms with E-state index in [2.05, 4.69) is 5.32 Å². The Morgan fingerprint density at radius 2 is 1.05 bits per heavy atom. The van der Waals surface area contributed by atoms with Gasteiger partial charge in [0.1, 0.15) is 104 Å². The molecule has 0 spiro atoms. The highest BCUT2D eigenvalue weighted by molar-refractivity contribution is 5.73. The van der Waals surface area contributed by atoms with E-state index in [1.165, 1.54) is 6.92 Å². The van der Waals surface area contributed by atoms with E-state index >= 15 is 0 Å². The molecular weight excluding hydrogens is 854 g/mol. The monoisotopic (exact) mass is 909 g/mol. The number of ether oxygens (including phenoxy) is 10. The van der Waals surface area contributed by atoms with E-state index < -0.39 is 191 Å². The molecule has 5 fully saturated rings. The lowest BCUT2D eigenvalue weighted by Crippen LogP contribution is -2.70. The van der Waals surface area contributed by atoms with Gasteiger partial charge in [-0.3, -0.25) is 9.59 Å². The number of aliphatic hydroxyl groups is 13. The van der Waals surface area contributed by atoms with Crippen molar-refractivity contribution in [3.63, 3.8) is 0 Å². The minimum Gasteiger partial charge on any atom is -0.479 e. The molecule has 5 aliphatic rings. The van der Waals surface area contributed by atoms with Gasteiger partial charge in [0.15, 0.2) is 43.7 Å². The first-order chi connectivity index (χ1) is 29.1. The Kier molecular flexibility index (Phi) is 17.3. The first kappa shape index (κ1) is 50.5. The molecule has 0 aromatic heterocycles. The molecular formula is C34H55NO27. The maximum Gasteiger partial charge on any atom is 0.335 e. The summed E-state index contributed by atoms with van der Waals surface area (Å²) < 4.78 is 56.8. The molecule has 28 nitrogen and oxygen atoms in total. The number of amides is 1. The van der Waals surface area contributed by atoms with Gasteiger partial charge in [-0.25, -0.2) is 4.79 Å². The number of nitrogens with one attached hydrogen (secondary N) is 1. The predicted molar refractivity (Wildman–Crippen MR) is 187 cm³/mol. The SMILES string of the molecule is CC(=O)NC1C(OCC2OC(O)C(O)C(O)C2O)OC(CO)C(OC2OC(CO)C(O)C(O)C2O)C1OC1OC(C)C(OC2OC(C(=O)O)C(O)C(O)C2O)C(OC(C)=O)C1O. The van der Waals surface area contributed by atoms with Crippen molar-refractivity contribution in [1.29, 1.82) is 0 Å². The summed E-state index contributed by atoms with van der Waals surface area (Å²) in [4.78, 5) is 36.9. The van der Waals surface area contributed by atoms with Crippen LogP contribution in [-0.2, 0) is 61.8 Å². The summed E-state index contributed by atoms with van der Waals surface area (Å²) in [6.45, 7) is 0.576. The van der Waals surface area contributed by atoms with Crippen LogP contribution in [0, 0.1) is 0 Å². The highest BCUT2D eigenvalue weighted by Crippen LogP contribution is 2.36. The Balaban J connectivity index is 1.49. The quantitative estimate of drug-likeness (QED) is 0.0720. The molecule has 1 amide bonds. The van der Waals surface area contributed by atoms with E-state index in [1.54, 1.807) is 0 Å². The molecule has 0 saturated carbocycles. The average Bonchev–Trinajstić information content (AvgIpc) is 3.21. The lowest BCUT2D eigenvalue weighted by molar-refractivity contribution is -0.384. The number of carbonyl (C=O) groups is 3. The maximum absolute atomic E-state index is 12.8. The van der Waals surface area contributed by atoms with Crippen LogP contribution in [0.4, 0.5) is 0 Å². The number of aliphatic carboxylic acids is 1. The van der Waals surface area contributed by atoms with Crippen LogP contribution in [0.2, 0.25) is 0 Å². The smallest absolute Gasteiger partial charge is 0.335 e. The molecule has 25 atom stereocenters. The van der Waals surface area contributed by atoms with Gasteiger partial charge in [0.2, 0.25) is 5.91 Å². The Hall–Kier alpha value is -2.47. The van der Waals surface area contributed by atoms with Gasteiger partial charge < -0.3 is 124 Å². The number of rotatable bonds is 14. The Labute approximate surface area is 350 Å². The fourth-order valence-corrected chi connectivity index (χ4v) is 7.59. The summed E-state index contributed by atoms with van der Waals surface area (Å²) in [5.41, 5.74) is 0. The zero-order valence-corrected chi connectivity index (χ0v) is 33.1. The standard InChI is InChI=1S/C34H55NO27/c1-7-24(59-33-22(48)18(44)19(45)28(62-33)29(50)51)27(55-9(3)39)23(49)34(54-7)61-26-13(35-8(2)38)31(53-6-12-15(41)16(42)20(46)30(52)56-12)58-11(5-37)25(26)60-32-21(47)17(43)14(40)10(4-36)57-32/h7,10-28,30-34,36-37,40-49,52H,4-6H2,1-3H3,(H,35,38)(H,50,51). The van der Waals surface area contributed by atoms with Crippen molar-refractivity contribution in [2.75, 3.05) is 19.8 Å². The molecule has 5 rings (SSSR count). The van der Waals surface area contributed by atoms with E-state index in [0.29, 0.717) is 0 Å².